The molecule has 0 atom stereocenters. The molecular formula is C18H29ClN2O3. The van der Waals surface area contributed by atoms with Crippen molar-refractivity contribution in [3.8, 4) is 5.75 Å². The van der Waals surface area contributed by atoms with Crippen LogP contribution in [0.2, 0.25) is 0 Å². The molecule has 1 heterocycles. The van der Waals surface area contributed by atoms with Crippen LogP contribution >= 0.6 is 12.4 Å². The summed E-state index contributed by atoms with van der Waals surface area (Å²) in [5.41, 5.74) is 1.93. The highest BCUT2D eigenvalue weighted by molar-refractivity contribution is 5.85. The molecule has 1 aliphatic heterocycles. The number of benzene rings is 1. The second kappa shape index (κ2) is 9.87. The molecule has 0 saturated carbocycles. The normalized spacial score (nSPS) is 16.1. The number of amides is 1. The maximum absolute atomic E-state index is 12.7. The van der Waals surface area contributed by atoms with Gasteiger partial charge in [-0.25, -0.2) is 0 Å². The van der Waals surface area contributed by atoms with Crippen molar-refractivity contribution in [2.75, 3.05) is 40.5 Å². The first-order chi connectivity index (χ1) is 11.1. The van der Waals surface area contributed by atoms with Crippen molar-refractivity contribution < 1.29 is 14.3 Å². The minimum atomic E-state index is -0.392. The number of hydrogen-bond acceptors (Lipinski definition) is 4. The van der Waals surface area contributed by atoms with Crippen LogP contribution < -0.4 is 15.4 Å². The minimum absolute atomic E-state index is 0. The van der Waals surface area contributed by atoms with E-state index >= 15 is 0 Å². The van der Waals surface area contributed by atoms with E-state index in [2.05, 4.69) is 23.6 Å². The molecule has 1 aromatic rings. The van der Waals surface area contributed by atoms with Crippen LogP contribution in [0.3, 0.4) is 0 Å². The van der Waals surface area contributed by atoms with E-state index in [-0.39, 0.29) is 18.3 Å². The molecule has 0 radical (unpaired) electrons. The van der Waals surface area contributed by atoms with Crippen LogP contribution in [0.5, 0.6) is 5.75 Å². The number of ether oxygens (including phenoxy) is 2. The number of halogens is 1. The largest absolute Gasteiger partial charge is 0.496 e. The topological polar surface area (TPSA) is 59.6 Å². The Morgan fingerprint density at radius 1 is 1.29 bits per heavy atom. The van der Waals surface area contributed by atoms with Gasteiger partial charge >= 0.3 is 0 Å². The third-order valence-electron chi connectivity index (χ3n) is 4.58. The van der Waals surface area contributed by atoms with Gasteiger partial charge in [0.2, 0.25) is 5.91 Å². The van der Waals surface area contributed by atoms with Crippen LogP contribution in [-0.4, -0.2) is 46.4 Å². The Morgan fingerprint density at radius 3 is 2.62 bits per heavy atom. The second-order valence-electron chi connectivity index (χ2n) is 6.28. The first kappa shape index (κ1) is 20.7. The summed E-state index contributed by atoms with van der Waals surface area (Å²) in [6.07, 6.45) is 2.40. The van der Waals surface area contributed by atoms with E-state index in [4.69, 9.17) is 9.47 Å². The van der Waals surface area contributed by atoms with Gasteiger partial charge in [0, 0.05) is 13.7 Å². The number of aryl methyl sites for hydroxylation is 1. The molecule has 2 N–H and O–H groups in total. The maximum Gasteiger partial charge on any atom is 0.228 e. The van der Waals surface area contributed by atoms with Crippen molar-refractivity contribution in [1.29, 1.82) is 0 Å². The van der Waals surface area contributed by atoms with Gasteiger partial charge in [0.05, 0.1) is 19.1 Å². The summed E-state index contributed by atoms with van der Waals surface area (Å²) in [5.74, 6) is 0.978. The zero-order chi connectivity index (χ0) is 16.7. The second-order valence-corrected chi connectivity index (χ2v) is 6.28. The first-order valence-corrected chi connectivity index (χ1v) is 8.23. The van der Waals surface area contributed by atoms with Crippen molar-refractivity contribution in [1.82, 2.24) is 10.6 Å². The molecule has 1 fully saturated rings. The fourth-order valence-electron chi connectivity index (χ4n) is 3.22. The Balaban J connectivity index is 0.00000288. The zero-order valence-corrected chi connectivity index (χ0v) is 15.6. The summed E-state index contributed by atoms with van der Waals surface area (Å²) in [5, 5.41) is 6.40. The molecule has 0 aromatic heterocycles. The third-order valence-corrected chi connectivity index (χ3v) is 4.58. The van der Waals surface area contributed by atoms with Crippen molar-refractivity contribution >= 4 is 18.3 Å². The van der Waals surface area contributed by atoms with Gasteiger partial charge < -0.3 is 20.1 Å². The third kappa shape index (κ3) is 5.10. The van der Waals surface area contributed by atoms with Gasteiger partial charge in [-0.05, 0) is 50.9 Å². The molecule has 1 aromatic carbocycles. The van der Waals surface area contributed by atoms with Gasteiger partial charge in [-0.15, -0.1) is 12.4 Å². The molecule has 1 saturated heterocycles. The van der Waals surface area contributed by atoms with E-state index in [1.165, 1.54) is 5.56 Å². The highest BCUT2D eigenvalue weighted by atomic mass is 35.5. The molecule has 0 unspecified atom stereocenters. The average molecular weight is 357 g/mol. The fourth-order valence-corrected chi connectivity index (χ4v) is 3.22. The van der Waals surface area contributed by atoms with Crippen LogP contribution in [-0.2, 0) is 16.0 Å². The van der Waals surface area contributed by atoms with E-state index in [0.717, 1.165) is 43.7 Å². The highest BCUT2D eigenvalue weighted by Gasteiger charge is 2.39. The quantitative estimate of drug-likeness (QED) is 0.785. The smallest absolute Gasteiger partial charge is 0.228 e. The van der Waals surface area contributed by atoms with Crippen LogP contribution in [0, 0.1) is 12.3 Å². The van der Waals surface area contributed by atoms with Gasteiger partial charge in [-0.3, -0.25) is 4.79 Å². The zero-order valence-electron chi connectivity index (χ0n) is 14.8. The lowest BCUT2D eigenvalue weighted by atomic mass is 9.78. The van der Waals surface area contributed by atoms with Gasteiger partial charge in [0.15, 0.2) is 0 Å². The van der Waals surface area contributed by atoms with Crippen LogP contribution in [0.25, 0.3) is 0 Å². The summed E-state index contributed by atoms with van der Waals surface area (Å²) >= 11 is 0. The molecule has 6 heteroatoms. The summed E-state index contributed by atoms with van der Waals surface area (Å²) in [7, 11) is 3.34. The lowest BCUT2D eigenvalue weighted by molar-refractivity contribution is -0.136. The number of hydrogen-bond donors (Lipinski definition) is 2. The molecule has 24 heavy (non-hydrogen) atoms. The van der Waals surface area contributed by atoms with Gasteiger partial charge in [0.1, 0.15) is 5.75 Å². The van der Waals surface area contributed by atoms with Crippen molar-refractivity contribution in [3.05, 3.63) is 29.3 Å². The Bertz CT molecular complexity index is 525. The van der Waals surface area contributed by atoms with E-state index < -0.39 is 5.41 Å². The Morgan fingerprint density at radius 2 is 2.00 bits per heavy atom. The van der Waals surface area contributed by atoms with E-state index in [1.807, 2.05) is 12.1 Å². The van der Waals surface area contributed by atoms with Gasteiger partial charge in [0.25, 0.3) is 0 Å². The van der Waals surface area contributed by atoms with E-state index in [9.17, 15) is 4.79 Å². The molecule has 1 amide bonds. The molecule has 1 aliphatic rings. The summed E-state index contributed by atoms with van der Waals surface area (Å²) in [6.45, 7) is 4.88. The first-order valence-electron chi connectivity index (χ1n) is 8.23. The molecule has 5 nitrogen and oxygen atoms in total. The van der Waals surface area contributed by atoms with E-state index in [0.29, 0.717) is 13.2 Å². The number of methoxy groups -OCH3 is 2. The maximum atomic E-state index is 12.7. The summed E-state index contributed by atoms with van der Waals surface area (Å²) in [4.78, 5) is 12.7. The van der Waals surface area contributed by atoms with Crippen molar-refractivity contribution in [2.24, 2.45) is 5.41 Å². The van der Waals surface area contributed by atoms with Crippen molar-refractivity contribution in [2.45, 2.75) is 26.2 Å². The molecule has 136 valence electrons. The SMILES string of the molecule is COCC1(C(=O)NCCc2cc(C)ccc2OC)CCNCC1.Cl. The average Bonchev–Trinajstić information content (AvgIpc) is 2.56. The Hall–Kier alpha value is -1.30. The predicted octanol–water partition coefficient (Wildman–Crippen LogP) is 2.10. The number of carbonyl (C=O) groups excluding carboxylic acids is 1. The van der Waals surface area contributed by atoms with Crippen LogP contribution in [0.15, 0.2) is 18.2 Å². The van der Waals surface area contributed by atoms with Gasteiger partial charge in [-0.2, -0.15) is 0 Å². The summed E-state index contributed by atoms with van der Waals surface area (Å²) < 4.78 is 10.7. The lowest BCUT2D eigenvalue weighted by Gasteiger charge is -2.35. The van der Waals surface area contributed by atoms with Crippen LogP contribution in [0.4, 0.5) is 0 Å². The summed E-state index contributed by atoms with van der Waals surface area (Å²) in [6, 6.07) is 6.12. The molecule has 0 aliphatic carbocycles. The standard InChI is InChI=1S/C18H28N2O3.ClH/c1-14-4-5-16(23-3)15(12-14)6-9-20-17(21)18(13-22-2)7-10-19-11-8-18;/h4-5,12,19H,6-11,13H2,1-3H3,(H,20,21);1H. The highest BCUT2D eigenvalue weighted by Crippen LogP contribution is 2.29. The number of carbonyl (C=O) groups is 1. The predicted molar refractivity (Wildman–Crippen MR) is 98.1 cm³/mol. The number of rotatable bonds is 7. The van der Waals surface area contributed by atoms with Crippen LogP contribution in [0.1, 0.15) is 24.0 Å². The van der Waals surface area contributed by atoms with Gasteiger partial charge in [-0.1, -0.05) is 17.7 Å². The molecule has 0 spiro atoms. The number of piperidine rings is 1. The lowest BCUT2D eigenvalue weighted by Crippen LogP contribution is -2.50. The fraction of sp³-hybridized carbons (Fsp3) is 0.611. The molecule has 2 rings (SSSR count). The molecular weight excluding hydrogens is 328 g/mol. The molecule has 0 bridgehead atoms. The Labute approximate surface area is 150 Å². The minimum Gasteiger partial charge on any atom is -0.496 e. The van der Waals surface area contributed by atoms with Crippen molar-refractivity contribution in [3.63, 3.8) is 0 Å². The monoisotopic (exact) mass is 356 g/mol. The van der Waals surface area contributed by atoms with E-state index in [1.54, 1.807) is 14.2 Å². The number of nitrogens with one attached hydrogen (secondary N) is 2. The Kier molecular flexibility index (Phi) is 8.53.